The van der Waals surface area contributed by atoms with Crippen LogP contribution in [0.5, 0.6) is 5.75 Å². The summed E-state index contributed by atoms with van der Waals surface area (Å²) in [6.45, 7) is -0.987. The Labute approximate surface area is 97.7 Å². The summed E-state index contributed by atoms with van der Waals surface area (Å²) in [5.41, 5.74) is 0.411. The highest BCUT2D eigenvalue weighted by Gasteiger charge is 2.17. The first-order valence-electron chi connectivity index (χ1n) is 4.96. The lowest BCUT2D eigenvalue weighted by molar-refractivity contribution is -0.139. The Morgan fingerprint density at radius 3 is 2.29 bits per heavy atom. The Morgan fingerprint density at radius 2 is 1.82 bits per heavy atom. The summed E-state index contributed by atoms with van der Waals surface area (Å²) in [5.74, 6) is -0.730. The summed E-state index contributed by atoms with van der Waals surface area (Å²) >= 11 is 0. The monoisotopic (exact) mass is 242 g/mol. The van der Waals surface area contributed by atoms with Crippen molar-refractivity contribution in [1.29, 1.82) is 0 Å². The molecule has 0 radical (unpaired) electrons. The zero-order valence-electron chi connectivity index (χ0n) is 8.98. The summed E-state index contributed by atoms with van der Waals surface area (Å²) in [5, 5.41) is 35.8. The van der Waals surface area contributed by atoms with Gasteiger partial charge in [0.2, 0.25) is 0 Å². The van der Waals surface area contributed by atoms with E-state index in [0.29, 0.717) is 11.3 Å². The van der Waals surface area contributed by atoms with E-state index in [9.17, 15) is 15.0 Å². The van der Waals surface area contributed by atoms with Gasteiger partial charge in [-0.2, -0.15) is 0 Å². The molecule has 0 saturated carbocycles. The van der Waals surface area contributed by atoms with Crippen molar-refractivity contribution in [1.82, 2.24) is 0 Å². The fourth-order valence-corrected chi connectivity index (χ4v) is 1.23. The largest absolute Gasteiger partial charge is 0.482 e. The van der Waals surface area contributed by atoms with Gasteiger partial charge >= 0.3 is 5.97 Å². The maximum Gasteiger partial charge on any atom is 0.341 e. The average molecular weight is 242 g/mol. The van der Waals surface area contributed by atoms with Gasteiger partial charge in [-0.15, -0.1) is 0 Å². The van der Waals surface area contributed by atoms with Crippen molar-refractivity contribution in [3.05, 3.63) is 29.8 Å². The van der Waals surface area contributed by atoms with Crippen LogP contribution in [0.1, 0.15) is 11.7 Å². The number of aliphatic carboxylic acids is 1. The van der Waals surface area contributed by atoms with Gasteiger partial charge in [-0.3, -0.25) is 0 Å². The third-order valence-electron chi connectivity index (χ3n) is 2.14. The van der Waals surface area contributed by atoms with E-state index in [1.54, 1.807) is 0 Å². The molecule has 2 unspecified atom stereocenters. The van der Waals surface area contributed by atoms with Gasteiger partial charge in [-0.1, -0.05) is 12.1 Å². The maximum absolute atomic E-state index is 10.3. The van der Waals surface area contributed by atoms with Crippen LogP contribution in [-0.4, -0.2) is 45.7 Å². The van der Waals surface area contributed by atoms with Gasteiger partial charge in [0.25, 0.3) is 0 Å². The maximum atomic E-state index is 10.3. The Kier molecular flexibility index (Phi) is 4.89. The molecule has 0 bridgehead atoms. The molecule has 1 rings (SSSR count). The van der Waals surface area contributed by atoms with Gasteiger partial charge in [-0.25, -0.2) is 4.79 Å². The van der Waals surface area contributed by atoms with Crippen LogP contribution in [-0.2, 0) is 4.79 Å². The Morgan fingerprint density at radius 1 is 1.24 bits per heavy atom. The van der Waals surface area contributed by atoms with Crippen LogP contribution in [0.4, 0.5) is 0 Å². The summed E-state index contributed by atoms with van der Waals surface area (Å²) in [6, 6.07) is 5.93. The minimum atomic E-state index is -1.25. The topological polar surface area (TPSA) is 107 Å². The van der Waals surface area contributed by atoms with Crippen molar-refractivity contribution in [3.8, 4) is 5.75 Å². The summed E-state index contributed by atoms with van der Waals surface area (Å²) in [7, 11) is 0. The number of hydrogen-bond donors (Lipinski definition) is 4. The number of rotatable bonds is 6. The molecule has 0 saturated heterocycles. The van der Waals surface area contributed by atoms with Crippen molar-refractivity contribution < 1.29 is 30.0 Å². The Balaban J connectivity index is 2.64. The Hall–Kier alpha value is -1.63. The molecule has 1 aromatic rings. The highest BCUT2D eigenvalue weighted by Crippen LogP contribution is 2.20. The van der Waals surface area contributed by atoms with Gasteiger partial charge in [0.1, 0.15) is 18.0 Å². The number of benzene rings is 1. The molecule has 0 aliphatic rings. The molecule has 0 aliphatic carbocycles. The molecule has 0 fully saturated rings. The lowest BCUT2D eigenvalue weighted by Gasteiger charge is -2.16. The van der Waals surface area contributed by atoms with Crippen molar-refractivity contribution in [2.45, 2.75) is 12.2 Å². The van der Waals surface area contributed by atoms with Crippen molar-refractivity contribution in [2.24, 2.45) is 0 Å². The number of hydrogen-bond acceptors (Lipinski definition) is 5. The van der Waals surface area contributed by atoms with E-state index < -0.39 is 31.4 Å². The second-order valence-electron chi connectivity index (χ2n) is 3.45. The van der Waals surface area contributed by atoms with Gasteiger partial charge in [0, 0.05) is 0 Å². The van der Waals surface area contributed by atoms with Crippen LogP contribution in [0.25, 0.3) is 0 Å². The Bertz CT molecular complexity index is 361. The number of carbonyl (C=O) groups is 1. The molecular weight excluding hydrogens is 228 g/mol. The highest BCUT2D eigenvalue weighted by atomic mass is 16.5. The van der Waals surface area contributed by atoms with Gasteiger partial charge in [0.05, 0.1) is 6.61 Å². The molecule has 0 spiro atoms. The molecule has 0 heterocycles. The second kappa shape index (κ2) is 6.19. The van der Waals surface area contributed by atoms with E-state index in [1.165, 1.54) is 24.3 Å². The van der Waals surface area contributed by atoms with Crippen molar-refractivity contribution >= 4 is 5.97 Å². The summed E-state index contributed by atoms with van der Waals surface area (Å²) in [4.78, 5) is 10.3. The van der Waals surface area contributed by atoms with Crippen LogP contribution in [0.3, 0.4) is 0 Å². The molecule has 0 aliphatic heterocycles. The highest BCUT2D eigenvalue weighted by molar-refractivity contribution is 5.68. The second-order valence-corrected chi connectivity index (χ2v) is 3.45. The number of aliphatic hydroxyl groups excluding tert-OH is 3. The predicted octanol–water partition coefficient (Wildman–Crippen LogP) is -0.463. The molecule has 0 aromatic heterocycles. The first kappa shape index (κ1) is 13.4. The number of aliphatic hydroxyl groups is 3. The van der Waals surface area contributed by atoms with Gasteiger partial charge in [0.15, 0.2) is 6.61 Å². The zero-order chi connectivity index (χ0) is 12.8. The van der Waals surface area contributed by atoms with Crippen LogP contribution in [0.2, 0.25) is 0 Å². The number of ether oxygens (including phenoxy) is 1. The third kappa shape index (κ3) is 4.03. The van der Waals surface area contributed by atoms with E-state index in [4.69, 9.17) is 14.9 Å². The normalized spacial score (nSPS) is 14.1. The fourth-order valence-electron chi connectivity index (χ4n) is 1.23. The standard InChI is InChI=1S/C11H14O6/c12-5-9(13)11(16)7-1-3-8(4-2-7)17-6-10(14)15/h1-4,9,11-13,16H,5-6H2,(H,14,15). The van der Waals surface area contributed by atoms with E-state index in [2.05, 4.69) is 0 Å². The van der Waals surface area contributed by atoms with Gasteiger partial charge in [-0.05, 0) is 17.7 Å². The fraction of sp³-hybridized carbons (Fsp3) is 0.364. The van der Waals surface area contributed by atoms with Gasteiger partial charge < -0.3 is 25.2 Å². The van der Waals surface area contributed by atoms with Crippen LogP contribution in [0, 0.1) is 0 Å². The van der Waals surface area contributed by atoms with E-state index in [1.807, 2.05) is 0 Å². The molecule has 17 heavy (non-hydrogen) atoms. The summed E-state index contributed by atoms with van der Waals surface area (Å²) < 4.78 is 4.90. The van der Waals surface area contributed by atoms with E-state index >= 15 is 0 Å². The SMILES string of the molecule is O=C(O)COc1ccc(C(O)C(O)CO)cc1. The first-order valence-corrected chi connectivity index (χ1v) is 4.96. The molecule has 1 aromatic carbocycles. The van der Waals surface area contributed by atoms with E-state index in [-0.39, 0.29) is 0 Å². The zero-order valence-corrected chi connectivity index (χ0v) is 8.98. The molecule has 2 atom stereocenters. The molecule has 6 heteroatoms. The van der Waals surface area contributed by atoms with Crippen LogP contribution in [0.15, 0.2) is 24.3 Å². The molecule has 0 amide bonds. The minimum absolute atomic E-state index is 0.349. The number of carboxylic acids is 1. The molecule has 6 nitrogen and oxygen atoms in total. The lowest BCUT2D eigenvalue weighted by atomic mass is 10.1. The summed E-state index contributed by atoms with van der Waals surface area (Å²) in [6.07, 6.45) is -2.44. The lowest BCUT2D eigenvalue weighted by Crippen LogP contribution is -2.21. The predicted molar refractivity (Wildman–Crippen MR) is 57.6 cm³/mol. The van der Waals surface area contributed by atoms with Crippen molar-refractivity contribution in [3.63, 3.8) is 0 Å². The minimum Gasteiger partial charge on any atom is -0.482 e. The van der Waals surface area contributed by atoms with E-state index in [0.717, 1.165) is 0 Å². The molecular formula is C11H14O6. The molecule has 4 N–H and O–H groups in total. The molecule has 94 valence electrons. The first-order chi connectivity index (χ1) is 8.04. The third-order valence-corrected chi connectivity index (χ3v) is 2.14. The quantitative estimate of drug-likeness (QED) is 0.537. The van der Waals surface area contributed by atoms with Crippen molar-refractivity contribution in [2.75, 3.05) is 13.2 Å². The average Bonchev–Trinajstić information content (AvgIpc) is 2.35. The van der Waals surface area contributed by atoms with Crippen LogP contribution >= 0.6 is 0 Å². The number of carboxylic acid groups (broad SMARTS) is 1. The smallest absolute Gasteiger partial charge is 0.341 e. The van der Waals surface area contributed by atoms with Crippen LogP contribution < -0.4 is 4.74 Å².